The largest absolute Gasteiger partial charge is 0.224 e. The van der Waals surface area contributed by atoms with E-state index in [9.17, 15) is 4.39 Å². The topological polar surface area (TPSA) is 12.9 Å². The van der Waals surface area contributed by atoms with Gasteiger partial charge in [-0.3, -0.25) is 0 Å². The molecule has 0 saturated carbocycles. The van der Waals surface area contributed by atoms with Crippen LogP contribution in [0, 0.1) is 12.9 Å². The molecule has 0 spiro atoms. The summed E-state index contributed by atoms with van der Waals surface area (Å²) in [4.78, 5) is 4.00. The van der Waals surface area contributed by atoms with Crippen LogP contribution < -0.4 is 0 Å². The Balaban J connectivity index is 2.93. The molecule has 0 bridgehead atoms. The minimum Gasteiger partial charge on any atom is -0.224 e. The van der Waals surface area contributed by atoms with Gasteiger partial charge in [0.1, 0.15) is 0 Å². The molecule has 84 valence electrons. The number of hydrogen-bond donors (Lipinski definition) is 0. The molecule has 0 fully saturated rings. The van der Waals surface area contributed by atoms with Crippen molar-refractivity contribution in [3.05, 3.63) is 41.5 Å². The maximum absolute atomic E-state index is 14.0. The number of aromatic nitrogens is 1. The lowest BCUT2D eigenvalue weighted by Gasteiger charge is -2.22. The molecule has 0 N–H and O–H groups in total. The zero-order valence-corrected chi connectivity index (χ0v) is 10.1. The van der Waals surface area contributed by atoms with E-state index in [2.05, 4.69) is 4.98 Å². The Morgan fingerprint density at radius 1 is 1.06 bits per heavy atom. The Kier molecular flexibility index (Phi) is 2.45. The van der Waals surface area contributed by atoms with Crippen LogP contribution in [0.3, 0.4) is 0 Å². The van der Waals surface area contributed by atoms with Crippen LogP contribution in [0.5, 0.6) is 0 Å². The van der Waals surface area contributed by atoms with Crippen molar-refractivity contribution in [3.63, 3.8) is 0 Å². The van der Waals surface area contributed by atoms with Crippen molar-refractivity contribution >= 4 is 10.8 Å². The summed E-state index contributed by atoms with van der Waals surface area (Å²) in [5, 5.41) is 2.01. The van der Waals surface area contributed by atoms with E-state index in [1.807, 2.05) is 52.0 Å². The first-order chi connectivity index (χ1) is 7.41. The Bertz CT molecular complexity index is 538. The molecule has 0 aliphatic rings. The van der Waals surface area contributed by atoms with Crippen LogP contribution in [0.1, 0.15) is 32.0 Å². The maximum Gasteiger partial charge on any atom is 0.217 e. The monoisotopic (exact) mass is 217 g/mol. The normalized spacial score (nSPS) is 12.1. The second kappa shape index (κ2) is 3.55. The number of fused-ring (bicyclic) bond motifs is 1. The zero-order valence-electron chi connectivity index (χ0n) is 10.1. The average molecular weight is 217 g/mol. The molecule has 0 amide bonds. The van der Waals surface area contributed by atoms with Crippen molar-refractivity contribution in [2.45, 2.75) is 33.1 Å². The first-order valence-electron chi connectivity index (χ1n) is 5.46. The Labute approximate surface area is 95.3 Å². The molecule has 0 radical (unpaired) electrons. The van der Waals surface area contributed by atoms with E-state index in [0.717, 1.165) is 16.5 Å². The molecule has 2 rings (SSSR count). The molecule has 0 unspecified atom stereocenters. The third-order valence-corrected chi connectivity index (χ3v) is 2.81. The molecule has 0 atom stereocenters. The quantitative estimate of drug-likeness (QED) is 0.608. The van der Waals surface area contributed by atoms with Crippen LogP contribution in [0.2, 0.25) is 0 Å². The van der Waals surface area contributed by atoms with Gasteiger partial charge in [-0.25, -0.2) is 4.98 Å². The lowest BCUT2D eigenvalue weighted by molar-refractivity contribution is 0.503. The predicted molar refractivity (Wildman–Crippen MR) is 65.1 cm³/mol. The summed E-state index contributed by atoms with van der Waals surface area (Å²) in [6.45, 7) is 7.87. The lowest BCUT2D eigenvalue weighted by Crippen LogP contribution is -2.16. The first kappa shape index (κ1) is 11.1. The molecule has 0 saturated heterocycles. The van der Waals surface area contributed by atoms with Gasteiger partial charge in [0.25, 0.3) is 0 Å². The van der Waals surface area contributed by atoms with Crippen LogP contribution in [-0.2, 0) is 5.41 Å². The minimum absolute atomic E-state index is 0.232. The third kappa shape index (κ3) is 1.69. The van der Waals surface area contributed by atoms with E-state index in [0.29, 0.717) is 5.56 Å². The van der Waals surface area contributed by atoms with Crippen molar-refractivity contribution < 1.29 is 4.39 Å². The molecule has 1 aromatic heterocycles. The second-order valence-electron chi connectivity index (χ2n) is 5.16. The van der Waals surface area contributed by atoms with Crippen LogP contribution in [0.4, 0.5) is 4.39 Å². The number of halogens is 1. The zero-order chi connectivity index (χ0) is 11.9. The highest BCUT2D eigenvalue weighted by Gasteiger charge is 2.23. The SMILES string of the molecule is Cc1nc(F)c(C(C)(C)C)c2ccccc12. The fourth-order valence-corrected chi connectivity index (χ4v) is 2.10. The Morgan fingerprint density at radius 3 is 2.19 bits per heavy atom. The molecular weight excluding hydrogens is 201 g/mol. The van der Waals surface area contributed by atoms with E-state index in [1.165, 1.54) is 0 Å². The summed E-state index contributed by atoms with van der Waals surface area (Å²) in [6, 6.07) is 7.86. The smallest absolute Gasteiger partial charge is 0.217 e. The van der Waals surface area contributed by atoms with Crippen molar-refractivity contribution in [1.82, 2.24) is 4.98 Å². The predicted octanol–water partition coefficient (Wildman–Crippen LogP) is 3.98. The highest BCUT2D eigenvalue weighted by Crippen LogP contribution is 2.32. The molecule has 2 heteroatoms. The highest BCUT2D eigenvalue weighted by molar-refractivity contribution is 5.88. The van der Waals surface area contributed by atoms with Gasteiger partial charge in [-0.2, -0.15) is 4.39 Å². The van der Waals surface area contributed by atoms with E-state index in [1.54, 1.807) is 0 Å². The average Bonchev–Trinajstić information content (AvgIpc) is 2.15. The summed E-state index contributed by atoms with van der Waals surface area (Å²) in [5.41, 5.74) is 1.22. The van der Waals surface area contributed by atoms with Crippen molar-refractivity contribution in [2.24, 2.45) is 0 Å². The molecule has 2 aromatic rings. The number of nitrogens with zero attached hydrogens (tertiary/aromatic N) is 1. The van der Waals surface area contributed by atoms with E-state index in [-0.39, 0.29) is 11.4 Å². The van der Waals surface area contributed by atoms with Gasteiger partial charge in [-0.15, -0.1) is 0 Å². The molecule has 16 heavy (non-hydrogen) atoms. The van der Waals surface area contributed by atoms with Crippen molar-refractivity contribution in [2.75, 3.05) is 0 Å². The third-order valence-electron chi connectivity index (χ3n) is 2.81. The number of rotatable bonds is 0. The Hall–Kier alpha value is -1.44. The lowest BCUT2D eigenvalue weighted by atomic mass is 9.84. The summed E-state index contributed by atoms with van der Waals surface area (Å²) in [6.07, 6.45) is 0. The molecule has 1 heterocycles. The van der Waals surface area contributed by atoms with Gasteiger partial charge in [0, 0.05) is 16.6 Å². The fraction of sp³-hybridized carbons (Fsp3) is 0.357. The van der Waals surface area contributed by atoms with E-state index < -0.39 is 0 Å². The second-order valence-corrected chi connectivity index (χ2v) is 5.16. The van der Waals surface area contributed by atoms with Crippen molar-refractivity contribution in [1.29, 1.82) is 0 Å². The first-order valence-corrected chi connectivity index (χ1v) is 5.46. The van der Waals surface area contributed by atoms with E-state index in [4.69, 9.17) is 0 Å². The number of hydrogen-bond acceptors (Lipinski definition) is 1. The van der Waals surface area contributed by atoms with Gasteiger partial charge >= 0.3 is 0 Å². The highest BCUT2D eigenvalue weighted by atomic mass is 19.1. The van der Waals surface area contributed by atoms with Crippen LogP contribution in [-0.4, -0.2) is 4.98 Å². The van der Waals surface area contributed by atoms with Crippen LogP contribution in [0.25, 0.3) is 10.8 Å². The minimum atomic E-state index is -0.344. The van der Waals surface area contributed by atoms with Crippen molar-refractivity contribution in [3.8, 4) is 0 Å². The summed E-state index contributed by atoms with van der Waals surface area (Å²) < 4.78 is 14.0. The Morgan fingerprint density at radius 2 is 1.62 bits per heavy atom. The van der Waals surface area contributed by atoms with Crippen LogP contribution in [0.15, 0.2) is 24.3 Å². The van der Waals surface area contributed by atoms with E-state index >= 15 is 0 Å². The van der Waals surface area contributed by atoms with Gasteiger partial charge < -0.3 is 0 Å². The van der Waals surface area contributed by atoms with Crippen LogP contribution >= 0.6 is 0 Å². The summed E-state index contributed by atoms with van der Waals surface area (Å²) >= 11 is 0. The van der Waals surface area contributed by atoms with Gasteiger partial charge in [0.15, 0.2) is 0 Å². The van der Waals surface area contributed by atoms with Gasteiger partial charge in [-0.1, -0.05) is 45.0 Å². The molecular formula is C14H16FN. The number of benzene rings is 1. The summed E-state index contributed by atoms with van der Waals surface area (Å²) in [7, 11) is 0. The van der Waals surface area contributed by atoms with Gasteiger partial charge in [-0.05, 0) is 17.7 Å². The molecule has 0 aliphatic heterocycles. The number of pyridine rings is 1. The standard InChI is InChI=1S/C14H16FN/c1-9-10-7-5-6-8-11(10)12(13(15)16-9)14(2,3)4/h5-8H,1-4H3. The van der Waals surface area contributed by atoms with Gasteiger partial charge in [0.05, 0.1) is 0 Å². The molecule has 1 aromatic carbocycles. The fourth-order valence-electron chi connectivity index (χ4n) is 2.10. The number of aryl methyl sites for hydroxylation is 1. The molecule has 1 nitrogen and oxygen atoms in total. The summed E-state index contributed by atoms with van der Waals surface area (Å²) in [5.74, 6) is -0.344. The maximum atomic E-state index is 14.0. The molecule has 0 aliphatic carbocycles. The van der Waals surface area contributed by atoms with Gasteiger partial charge in [0.2, 0.25) is 5.95 Å².